The first-order valence-corrected chi connectivity index (χ1v) is 16.7. The van der Waals surface area contributed by atoms with Crippen molar-refractivity contribution in [2.24, 2.45) is 5.92 Å². The normalized spacial score (nSPS) is 18.6. The third-order valence-corrected chi connectivity index (χ3v) is 10.4. The Bertz CT molecular complexity index is 1340. The molecule has 12 heteroatoms. The molecule has 3 aliphatic rings. The van der Waals surface area contributed by atoms with Gasteiger partial charge >= 0.3 is 6.18 Å². The lowest BCUT2D eigenvalue weighted by atomic mass is 9.83. The molecule has 0 bridgehead atoms. The quantitative estimate of drug-likeness (QED) is 0.388. The number of aliphatic hydroxyl groups is 1. The van der Waals surface area contributed by atoms with E-state index >= 15 is 0 Å². The maximum atomic E-state index is 14.0. The minimum Gasteiger partial charge on any atom is -0.390 e. The molecule has 2 amide bonds. The number of aromatic nitrogens is 2. The molecule has 242 valence electrons. The van der Waals surface area contributed by atoms with Crippen LogP contribution in [0.15, 0.2) is 23.1 Å². The predicted octanol–water partition coefficient (Wildman–Crippen LogP) is 5.06. The molecule has 0 radical (unpaired) electrons. The number of carbonyl (C=O) groups excluding carboxylic acids is 2. The average Bonchev–Trinajstić information content (AvgIpc) is 3.64. The molecule has 0 unspecified atom stereocenters. The zero-order chi connectivity index (χ0) is 31.6. The summed E-state index contributed by atoms with van der Waals surface area (Å²) in [6.45, 7) is 11.0. The summed E-state index contributed by atoms with van der Waals surface area (Å²) in [5.74, 6) is 0.0559. The van der Waals surface area contributed by atoms with Crippen molar-refractivity contribution in [3.05, 3.63) is 35.0 Å². The minimum absolute atomic E-state index is 0.0135. The van der Waals surface area contributed by atoms with Gasteiger partial charge in [-0.15, -0.1) is 11.8 Å². The van der Waals surface area contributed by atoms with E-state index < -0.39 is 17.3 Å². The highest BCUT2D eigenvalue weighted by Gasteiger charge is 2.35. The van der Waals surface area contributed by atoms with Crippen LogP contribution in [-0.4, -0.2) is 92.0 Å². The zero-order valence-electron chi connectivity index (χ0n) is 26.0. The molecule has 2 fully saturated rings. The number of aryl methyl sites for hydroxylation is 1. The highest BCUT2D eigenvalue weighted by Crippen LogP contribution is 2.40. The van der Waals surface area contributed by atoms with E-state index in [1.165, 1.54) is 19.1 Å². The number of thioether (sulfide) groups is 1. The number of hydrogen-bond acceptors (Lipinski definition) is 6. The fourth-order valence-corrected chi connectivity index (χ4v) is 7.72. The van der Waals surface area contributed by atoms with Crippen LogP contribution in [0.2, 0.25) is 0 Å². The van der Waals surface area contributed by atoms with Crippen LogP contribution in [0, 0.1) is 5.92 Å². The van der Waals surface area contributed by atoms with Gasteiger partial charge in [-0.25, -0.2) is 0 Å². The molecule has 44 heavy (non-hydrogen) atoms. The van der Waals surface area contributed by atoms with Gasteiger partial charge in [0.05, 0.1) is 22.6 Å². The lowest BCUT2D eigenvalue weighted by Gasteiger charge is -2.37. The average molecular weight is 636 g/mol. The molecule has 2 saturated heterocycles. The zero-order valence-corrected chi connectivity index (χ0v) is 26.8. The monoisotopic (exact) mass is 635 g/mol. The Morgan fingerprint density at radius 2 is 1.73 bits per heavy atom. The molecular formula is C32H44F3N5O3S. The van der Waals surface area contributed by atoms with Crippen LogP contribution < -0.4 is 0 Å². The number of piperidine rings is 1. The van der Waals surface area contributed by atoms with Crippen molar-refractivity contribution in [2.45, 2.75) is 89.1 Å². The van der Waals surface area contributed by atoms with E-state index in [0.717, 1.165) is 80.8 Å². The maximum absolute atomic E-state index is 14.0. The fourth-order valence-electron chi connectivity index (χ4n) is 6.70. The topological polar surface area (TPSA) is 81.9 Å². The molecule has 4 heterocycles. The Balaban J connectivity index is 1.36. The highest BCUT2D eigenvalue weighted by molar-refractivity contribution is 8.00. The van der Waals surface area contributed by atoms with Crippen molar-refractivity contribution in [1.29, 1.82) is 0 Å². The van der Waals surface area contributed by atoms with Crippen molar-refractivity contribution in [3.8, 4) is 11.3 Å². The largest absolute Gasteiger partial charge is 0.417 e. The Morgan fingerprint density at radius 1 is 1.02 bits per heavy atom. The number of carbonyl (C=O) groups is 2. The summed E-state index contributed by atoms with van der Waals surface area (Å²) in [6, 6.07) is 4.06. The third-order valence-electron chi connectivity index (χ3n) is 9.38. The Kier molecular flexibility index (Phi) is 10.0. The fraction of sp³-hybridized carbons (Fsp3) is 0.656. The Morgan fingerprint density at radius 3 is 2.36 bits per heavy atom. The van der Waals surface area contributed by atoms with Crippen molar-refractivity contribution in [2.75, 3.05) is 45.0 Å². The molecule has 0 aliphatic carbocycles. The molecule has 5 rings (SSSR count). The van der Waals surface area contributed by atoms with Crippen LogP contribution in [0.5, 0.6) is 0 Å². The Hall–Kier alpha value is -2.57. The number of benzene rings is 1. The molecule has 2 aromatic rings. The van der Waals surface area contributed by atoms with Crippen LogP contribution in [0.25, 0.3) is 11.3 Å². The van der Waals surface area contributed by atoms with Crippen molar-refractivity contribution < 1.29 is 27.9 Å². The smallest absolute Gasteiger partial charge is 0.390 e. The van der Waals surface area contributed by atoms with Gasteiger partial charge in [-0.05, 0) is 83.6 Å². The number of hydrogen-bond donors (Lipinski definition) is 1. The highest BCUT2D eigenvalue weighted by atomic mass is 32.2. The van der Waals surface area contributed by atoms with E-state index in [2.05, 4.69) is 4.90 Å². The molecule has 8 nitrogen and oxygen atoms in total. The first-order valence-electron chi connectivity index (χ1n) is 15.7. The summed E-state index contributed by atoms with van der Waals surface area (Å²) in [6.07, 6.45) is 0.711. The lowest BCUT2D eigenvalue weighted by molar-refractivity contribution is -0.139. The summed E-state index contributed by atoms with van der Waals surface area (Å²) in [5, 5.41) is 15.3. The summed E-state index contributed by atoms with van der Waals surface area (Å²) in [5.41, 5.74) is 1.64. The number of nitrogens with zero attached hydrogens (tertiary/aromatic N) is 5. The minimum atomic E-state index is -4.55. The molecule has 1 aromatic heterocycles. The molecule has 1 N–H and O–H groups in total. The maximum Gasteiger partial charge on any atom is 0.417 e. The predicted molar refractivity (Wildman–Crippen MR) is 164 cm³/mol. The van der Waals surface area contributed by atoms with E-state index in [0.29, 0.717) is 56.3 Å². The number of rotatable bonds is 9. The lowest BCUT2D eigenvalue weighted by Crippen LogP contribution is -2.42. The SMILES string of the molecule is CC(=O)N1CCc2c(c(-c3ccc(C(F)(F)F)c(SCC(=O)N4CCCC4)c3)nn2CCCN2CCC(C(C)(C)O)CC2)C1. The van der Waals surface area contributed by atoms with Gasteiger partial charge in [0.1, 0.15) is 0 Å². The van der Waals surface area contributed by atoms with Gasteiger partial charge < -0.3 is 19.8 Å². The van der Waals surface area contributed by atoms with Gasteiger partial charge in [-0.2, -0.15) is 18.3 Å². The first kappa shape index (κ1) is 32.8. The summed E-state index contributed by atoms with van der Waals surface area (Å²) >= 11 is 0.927. The molecule has 3 aliphatic heterocycles. The first-order chi connectivity index (χ1) is 20.8. The summed E-state index contributed by atoms with van der Waals surface area (Å²) in [4.78, 5) is 30.8. The van der Waals surface area contributed by atoms with E-state index in [-0.39, 0.29) is 22.5 Å². The van der Waals surface area contributed by atoms with Crippen LogP contribution in [0.4, 0.5) is 13.2 Å². The van der Waals surface area contributed by atoms with Crippen molar-refractivity contribution in [3.63, 3.8) is 0 Å². The van der Waals surface area contributed by atoms with Crippen LogP contribution in [-0.2, 0) is 35.3 Å². The van der Waals surface area contributed by atoms with Crippen LogP contribution >= 0.6 is 11.8 Å². The second kappa shape index (κ2) is 13.4. The Labute approximate surface area is 261 Å². The van der Waals surface area contributed by atoms with Crippen LogP contribution in [0.1, 0.15) is 69.7 Å². The van der Waals surface area contributed by atoms with Gasteiger partial charge in [0.25, 0.3) is 0 Å². The van der Waals surface area contributed by atoms with Crippen molar-refractivity contribution >= 4 is 23.6 Å². The third kappa shape index (κ3) is 7.62. The number of fused-ring (bicyclic) bond motifs is 1. The van der Waals surface area contributed by atoms with Crippen LogP contribution in [0.3, 0.4) is 0 Å². The van der Waals surface area contributed by atoms with E-state index in [9.17, 15) is 27.9 Å². The number of alkyl halides is 3. The molecule has 1 aromatic carbocycles. The molecule has 0 saturated carbocycles. The second-order valence-electron chi connectivity index (χ2n) is 12.9. The summed E-state index contributed by atoms with van der Waals surface area (Å²) < 4.78 is 44.0. The second-order valence-corrected chi connectivity index (χ2v) is 13.9. The van der Waals surface area contributed by atoms with Gasteiger partial charge in [0.15, 0.2) is 0 Å². The van der Waals surface area contributed by atoms with Crippen molar-refractivity contribution in [1.82, 2.24) is 24.5 Å². The van der Waals surface area contributed by atoms with Gasteiger partial charge in [0, 0.05) is 67.8 Å². The molecular weight excluding hydrogens is 591 g/mol. The van der Waals surface area contributed by atoms with E-state index in [1.807, 2.05) is 18.5 Å². The van der Waals surface area contributed by atoms with Gasteiger partial charge in [0.2, 0.25) is 11.8 Å². The van der Waals surface area contributed by atoms with E-state index in [4.69, 9.17) is 5.10 Å². The standard InChI is InChI=1S/C32H44F3N5O3S/c1-22(41)39-18-11-27-25(20-39)30(36-40(27)15-6-12-37-16-9-24(10-17-37)31(2,3)43)23-7-8-26(32(33,34)35)28(19-23)44-21-29(42)38-13-4-5-14-38/h7-8,19,24,43H,4-6,9-18,20-21H2,1-3H3. The number of amides is 2. The molecule has 0 atom stereocenters. The van der Waals surface area contributed by atoms with Gasteiger partial charge in [-0.3, -0.25) is 14.3 Å². The number of likely N-dealkylation sites (tertiary alicyclic amines) is 2. The van der Waals surface area contributed by atoms with E-state index in [1.54, 1.807) is 9.80 Å². The van der Waals surface area contributed by atoms with Gasteiger partial charge in [-0.1, -0.05) is 6.07 Å². The molecule has 0 spiro atoms. The number of halogens is 3. The summed E-state index contributed by atoms with van der Waals surface area (Å²) in [7, 11) is 0.